The molecule has 1 aromatic heterocycles. The zero-order chi connectivity index (χ0) is 14.3. The molecule has 2 aromatic rings. The molecule has 0 unspecified atom stereocenters. The Morgan fingerprint density at radius 3 is 2.65 bits per heavy atom. The summed E-state index contributed by atoms with van der Waals surface area (Å²) in [6, 6.07) is 5.67. The van der Waals surface area contributed by atoms with Gasteiger partial charge >= 0.3 is 0 Å². The highest BCUT2D eigenvalue weighted by atomic mass is 79.9. The van der Waals surface area contributed by atoms with Crippen molar-refractivity contribution in [2.24, 2.45) is 0 Å². The molecule has 0 saturated heterocycles. The SMILES string of the molecule is Cc1c(Cl)nc(C2CC2)nc1Nc1ccc(Br)c(Cl)c1. The summed E-state index contributed by atoms with van der Waals surface area (Å²) in [4.78, 5) is 8.93. The molecular formula is C14H12BrCl2N3. The van der Waals surface area contributed by atoms with E-state index in [2.05, 4.69) is 31.2 Å². The van der Waals surface area contributed by atoms with Crippen LogP contribution in [0.3, 0.4) is 0 Å². The first-order valence-electron chi connectivity index (χ1n) is 6.30. The van der Waals surface area contributed by atoms with Crippen LogP contribution in [0.4, 0.5) is 11.5 Å². The third-order valence-electron chi connectivity index (χ3n) is 3.23. The minimum Gasteiger partial charge on any atom is -0.340 e. The van der Waals surface area contributed by atoms with Gasteiger partial charge in [0.2, 0.25) is 0 Å². The highest BCUT2D eigenvalue weighted by molar-refractivity contribution is 9.10. The molecule has 1 aliphatic carbocycles. The Morgan fingerprint density at radius 1 is 1.25 bits per heavy atom. The van der Waals surface area contributed by atoms with Crippen molar-refractivity contribution in [3.63, 3.8) is 0 Å². The van der Waals surface area contributed by atoms with Gasteiger partial charge < -0.3 is 5.32 Å². The van der Waals surface area contributed by atoms with Crippen molar-refractivity contribution >= 4 is 50.6 Å². The molecule has 1 heterocycles. The van der Waals surface area contributed by atoms with Gasteiger partial charge in [-0.3, -0.25) is 0 Å². The van der Waals surface area contributed by atoms with Gasteiger partial charge in [0.05, 0.1) is 5.02 Å². The zero-order valence-electron chi connectivity index (χ0n) is 10.8. The molecule has 1 N–H and O–H groups in total. The van der Waals surface area contributed by atoms with Crippen molar-refractivity contribution < 1.29 is 0 Å². The van der Waals surface area contributed by atoms with Gasteiger partial charge in [0.25, 0.3) is 0 Å². The molecule has 6 heteroatoms. The Kier molecular flexibility index (Phi) is 3.89. The third-order valence-corrected chi connectivity index (χ3v) is 4.83. The molecule has 0 atom stereocenters. The standard InChI is InChI=1S/C14H12BrCl2N3/c1-7-12(17)19-14(8-2-3-8)20-13(7)18-9-4-5-10(15)11(16)6-9/h4-6,8H,2-3H2,1H3,(H,18,19,20). The van der Waals surface area contributed by atoms with E-state index < -0.39 is 0 Å². The average Bonchev–Trinajstić information content (AvgIpc) is 3.23. The van der Waals surface area contributed by atoms with Gasteiger partial charge in [-0.05, 0) is 53.9 Å². The van der Waals surface area contributed by atoms with Crippen LogP contribution in [-0.2, 0) is 0 Å². The van der Waals surface area contributed by atoms with E-state index in [9.17, 15) is 0 Å². The minimum atomic E-state index is 0.460. The lowest BCUT2D eigenvalue weighted by atomic mass is 10.2. The second-order valence-electron chi connectivity index (χ2n) is 4.87. The minimum absolute atomic E-state index is 0.460. The van der Waals surface area contributed by atoms with Crippen molar-refractivity contribution in [3.05, 3.63) is 44.2 Å². The van der Waals surface area contributed by atoms with E-state index in [1.807, 2.05) is 25.1 Å². The predicted molar refractivity (Wildman–Crippen MR) is 86.2 cm³/mol. The molecule has 104 valence electrons. The molecule has 3 nitrogen and oxygen atoms in total. The summed E-state index contributed by atoms with van der Waals surface area (Å²) < 4.78 is 0.862. The molecule has 0 amide bonds. The molecular weight excluding hydrogens is 361 g/mol. The summed E-state index contributed by atoms with van der Waals surface area (Å²) in [6.45, 7) is 1.90. The van der Waals surface area contributed by atoms with Crippen LogP contribution in [0.25, 0.3) is 0 Å². The summed E-state index contributed by atoms with van der Waals surface area (Å²) in [5, 5.41) is 4.42. The molecule has 0 bridgehead atoms. The fraction of sp³-hybridized carbons (Fsp3) is 0.286. The number of aromatic nitrogens is 2. The first-order valence-corrected chi connectivity index (χ1v) is 7.85. The number of benzene rings is 1. The van der Waals surface area contributed by atoms with E-state index >= 15 is 0 Å². The van der Waals surface area contributed by atoms with Crippen molar-refractivity contribution in [2.45, 2.75) is 25.7 Å². The largest absolute Gasteiger partial charge is 0.340 e. The number of hydrogen-bond acceptors (Lipinski definition) is 3. The summed E-state index contributed by atoms with van der Waals surface area (Å²) in [7, 11) is 0. The van der Waals surface area contributed by atoms with E-state index in [1.165, 1.54) is 0 Å². The van der Waals surface area contributed by atoms with E-state index in [0.29, 0.717) is 16.1 Å². The number of nitrogens with zero attached hydrogens (tertiary/aromatic N) is 2. The second-order valence-corrected chi connectivity index (χ2v) is 6.49. The highest BCUT2D eigenvalue weighted by Gasteiger charge is 2.28. The van der Waals surface area contributed by atoms with Crippen LogP contribution in [0.2, 0.25) is 10.2 Å². The molecule has 1 aromatic carbocycles. The van der Waals surface area contributed by atoms with Crippen LogP contribution in [0, 0.1) is 6.92 Å². The van der Waals surface area contributed by atoms with Crippen molar-refractivity contribution in [1.82, 2.24) is 9.97 Å². The monoisotopic (exact) mass is 371 g/mol. The summed E-state index contributed by atoms with van der Waals surface area (Å²) in [6.07, 6.45) is 2.28. The first-order chi connectivity index (χ1) is 9.54. The van der Waals surface area contributed by atoms with E-state index in [-0.39, 0.29) is 0 Å². The van der Waals surface area contributed by atoms with Crippen molar-refractivity contribution in [1.29, 1.82) is 0 Å². The number of halogens is 3. The fourth-order valence-electron chi connectivity index (χ4n) is 1.86. The molecule has 0 spiro atoms. The predicted octanol–water partition coefficient (Wildman–Crippen LogP) is 5.48. The quantitative estimate of drug-likeness (QED) is 0.725. The highest BCUT2D eigenvalue weighted by Crippen LogP contribution is 2.40. The number of nitrogens with one attached hydrogen (secondary N) is 1. The molecule has 0 radical (unpaired) electrons. The molecule has 3 rings (SSSR count). The van der Waals surface area contributed by atoms with Gasteiger partial charge in [0.15, 0.2) is 0 Å². The van der Waals surface area contributed by atoms with Crippen LogP contribution >= 0.6 is 39.1 Å². The van der Waals surface area contributed by atoms with Crippen LogP contribution in [0.15, 0.2) is 22.7 Å². The normalized spacial score (nSPS) is 14.4. The van der Waals surface area contributed by atoms with E-state index in [4.69, 9.17) is 23.2 Å². The Morgan fingerprint density at radius 2 is 2.00 bits per heavy atom. The molecule has 1 fully saturated rings. The molecule has 1 saturated carbocycles. The van der Waals surface area contributed by atoms with Crippen LogP contribution in [0.5, 0.6) is 0 Å². The summed E-state index contributed by atoms with van der Waals surface area (Å²) in [5.74, 6) is 2.03. The number of rotatable bonds is 3. The number of anilines is 2. The molecule has 0 aliphatic heterocycles. The molecule has 20 heavy (non-hydrogen) atoms. The summed E-state index contributed by atoms with van der Waals surface area (Å²) in [5.41, 5.74) is 1.72. The topological polar surface area (TPSA) is 37.8 Å². The van der Waals surface area contributed by atoms with Gasteiger partial charge in [-0.15, -0.1) is 0 Å². The maximum absolute atomic E-state index is 6.19. The van der Waals surface area contributed by atoms with Crippen molar-refractivity contribution in [2.75, 3.05) is 5.32 Å². The van der Waals surface area contributed by atoms with Gasteiger partial charge in [0, 0.05) is 21.6 Å². The first kappa shape index (κ1) is 14.1. The maximum atomic E-state index is 6.19. The Balaban J connectivity index is 1.94. The van der Waals surface area contributed by atoms with Gasteiger partial charge in [-0.25, -0.2) is 9.97 Å². The maximum Gasteiger partial charge on any atom is 0.138 e. The van der Waals surface area contributed by atoms with Crippen LogP contribution in [0.1, 0.15) is 30.1 Å². The second kappa shape index (κ2) is 5.51. The lowest BCUT2D eigenvalue weighted by Gasteiger charge is -2.12. The van der Waals surface area contributed by atoms with Crippen molar-refractivity contribution in [3.8, 4) is 0 Å². The van der Waals surface area contributed by atoms with Crippen LogP contribution < -0.4 is 5.32 Å². The Hall–Kier alpha value is -0.840. The van der Waals surface area contributed by atoms with E-state index in [0.717, 1.165) is 40.2 Å². The van der Waals surface area contributed by atoms with Gasteiger partial charge in [-0.1, -0.05) is 23.2 Å². The fourth-order valence-corrected chi connectivity index (χ4v) is 2.47. The molecule has 1 aliphatic rings. The van der Waals surface area contributed by atoms with Crippen LogP contribution in [-0.4, -0.2) is 9.97 Å². The average molecular weight is 373 g/mol. The number of hydrogen-bond donors (Lipinski definition) is 1. The summed E-state index contributed by atoms with van der Waals surface area (Å²) >= 11 is 15.7. The van der Waals surface area contributed by atoms with Gasteiger partial charge in [-0.2, -0.15) is 0 Å². The van der Waals surface area contributed by atoms with Gasteiger partial charge in [0.1, 0.15) is 16.8 Å². The zero-order valence-corrected chi connectivity index (χ0v) is 13.8. The van der Waals surface area contributed by atoms with E-state index in [1.54, 1.807) is 0 Å². The Labute approximate surface area is 135 Å². The lowest BCUT2D eigenvalue weighted by Crippen LogP contribution is -2.03. The lowest BCUT2D eigenvalue weighted by molar-refractivity contribution is 0.922. The smallest absolute Gasteiger partial charge is 0.138 e. The Bertz CT molecular complexity index is 672. The third kappa shape index (κ3) is 2.92.